The van der Waals surface area contributed by atoms with E-state index in [0.29, 0.717) is 5.82 Å². The topological polar surface area (TPSA) is 67.6 Å². The van der Waals surface area contributed by atoms with Gasteiger partial charge in [0.25, 0.3) is 0 Å². The Morgan fingerprint density at radius 1 is 1.06 bits per heavy atom. The van der Waals surface area contributed by atoms with E-state index in [9.17, 15) is 0 Å². The number of nitrogens with zero attached hydrogens (tertiary/aromatic N) is 2. The Bertz CT molecular complexity index is 642. The van der Waals surface area contributed by atoms with Crippen LogP contribution in [0.4, 0.5) is 5.82 Å². The molecule has 3 N–H and O–H groups in total. The van der Waals surface area contributed by atoms with Gasteiger partial charge in [-0.15, -0.1) is 0 Å². The van der Waals surface area contributed by atoms with Crippen molar-refractivity contribution in [1.29, 1.82) is 0 Å². The van der Waals surface area contributed by atoms with E-state index in [2.05, 4.69) is 21.2 Å². The van der Waals surface area contributed by atoms with Crippen LogP contribution in [0.25, 0.3) is 22.0 Å². The van der Waals surface area contributed by atoms with Crippen molar-refractivity contribution >= 4 is 16.7 Å². The summed E-state index contributed by atoms with van der Waals surface area (Å²) in [6.45, 7) is 0. The number of anilines is 1. The molecule has 0 radical (unpaired) electrons. The fourth-order valence-corrected chi connectivity index (χ4v) is 1.74. The number of rotatable bonds is 1. The summed E-state index contributed by atoms with van der Waals surface area (Å²) in [5, 5.41) is 8.04. The third-order valence-corrected chi connectivity index (χ3v) is 2.56. The number of nitrogens with two attached hydrogens (primary N) is 1. The third-order valence-electron chi connectivity index (χ3n) is 2.56. The standard InChI is InChI=1S/C12H10N4/c13-12-6-9(3-4-14-12)8-1-2-10-7-15-16-11(10)5-8/h1-7H,(H2,13,14)(H,15,16). The molecule has 0 aliphatic heterocycles. The Balaban J connectivity index is 2.18. The van der Waals surface area contributed by atoms with Crippen molar-refractivity contribution < 1.29 is 0 Å². The van der Waals surface area contributed by atoms with Gasteiger partial charge in [0.05, 0.1) is 11.7 Å². The first-order chi connectivity index (χ1) is 7.83. The Kier molecular flexibility index (Phi) is 1.86. The van der Waals surface area contributed by atoms with Crippen LogP contribution in [0.5, 0.6) is 0 Å². The van der Waals surface area contributed by atoms with Gasteiger partial charge in [0.15, 0.2) is 0 Å². The van der Waals surface area contributed by atoms with Crippen LogP contribution in [-0.2, 0) is 0 Å². The molecule has 0 fully saturated rings. The maximum atomic E-state index is 5.66. The van der Waals surface area contributed by atoms with Gasteiger partial charge in [-0.25, -0.2) is 4.98 Å². The first-order valence-electron chi connectivity index (χ1n) is 4.98. The van der Waals surface area contributed by atoms with Crippen molar-refractivity contribution in [2.24, 2.45) is 0 Å². The summed E-state index contributed by atoms with van der Waals surface area (Å²) in [6, 6.07) is 9.93. The number of hydrogen-bond donors (Lipinski definition) is 2. The number of fused-ring (bicyclic) bond motifs is 1. The van der Waals surface area contributed by atoms with Gasteiger partial charge < -0.3 is 5.73 Å². The van der Waals surface area contributed by atoms with Crippen LogP contribution in [0.1, 0.15) is 0 Å². The molecule has 3 rings (SSSR count). The van der Waals surface area contributed by atoms with Gasteiger partial charge in [0.2, 0.25) is 0 Å². The zero-order valence-corrected chi connectivity index (χ0v) is 8.51. The number of benzene rings is 1. The van der Waals surface area contributed by atoms with E-state index in [1.807, 2.05) is 24.3 Å². The molecule has 2 heterocycles. The summed E-state index contributed by atoms with van der Waals surface area (Å²) < 4.78 is 0. The van der Waals surface area contributed by atoms with Crippen LogP contribution in [0.2, 0.25) is 0 Å². The highest BCUT2D eigenvalue weighted by Gasteiger charge is 2.01. The molecule has 0 spiro atoms. The van der Waals surface area contributed by atoms with E-state index in [4.69, 9.17) is 5.73 Å². The molecule has 16 heavy (non-hydrogen) atoms. The molecular formula is C12H10N4. The smallest absolute Gasteiger partial charge is 0.123 e. The Labute approximate surface area is 92.1 Å². The molecule has 0 amide bonds. The fraction of sp³-hybridized carbons (Fsp3) is 0. The quantitative estimate of drug-likeness (QED) is 0.647. The van der Waals surface area contributed by atoms with Crippen LogP contribution in [0.15, 0.2) is 42.7 Å². The SMILES string of the molecule is Nc1cc(-c2ccc3cn[nH]c3c2)ccn1. The fourth-order valence-electron chi connectivity index (χ4n) is 1.74. The van der Waals surface area contributed by atoms with E-state index in [0.717, 1.165) is 22.0 Å². The van der Waals surface area contributed by atoms with Gasteiger partial charge in [-0.2, -0.15) is 5.10 Å². The second kappa shape index (κ2) is 3.34. The third kappa shape index (κ3) is 1.40. The average Bonchev–Trinajstić information content (AvgIpc) is 2.75. The lowest BCUT2D eigenvalue weighted by atomic mass is 10.1. The van der Waals surface area contributed by atoms with Gasteiger partial charge in [-0.3, -0.25) is 5.10 Å². The number of nitrogen functional groups attached to an aromatic ring is 1. The van der Waals surface area contributed by atoms with Crippen LogP contribution >= 0.6 is 0 Å². The second-order valence-corrected chi connectivity index (χ2v) is 3.64. The molecule has 0 aliphatic rings. The maximum absolute atomic E-state index is 5.66. The number of pyridine rings is 1. The van der Waals surface area contributed by atoms with Gasteiger partial charge >= 0.3 is 0 Å². The van der Waals surface area contributed by atoms with Gasteiger partial charge in [-0.05, 0) is 29.3 Å². The molecule has 0 aliphatic carbocycles. The summed E-state index contributed by atoms with van der Waals surface area (Å²) in [4.78, 5) is 3.98. The lowest BCUT2D eigenvalue weighted by molar-refractivity contribution is 1.12. The van der Waals surface area contributed by atoms with E-state index in [1.165, 1.54) is 0 Å². The number of nitrogens with one attached hydrogen (secondary N) is 1. The molecule has 0 unspecified atom stereocenters. The zero-order valence-electron chi connectivity index (χ0n) is 8.51. The summed E-state index contributed by atoms with van der Waals surface area (Å²) in [7, 11) is 0. The normalized spacial score (nSPS) is 10.8. The van der Waals surface area contributed by atoms with Crippen molar-refractivity contribution in [1.82, 2.24) is 15.2 Å². The predicted molar refractivity (Wildman–Crippen MR) is 63.7 cm³/mol. The molecule has 0 bridgehead atoms. The zero-order chi connectivity index (χ0) is 11.0. The molecule has 0 atom stereocenters. The lowest BCUT2D eigenvalue weighted by Gasteiger charge is -2.02. The van der Waals surface area contributed by atoms with Crippen LogP contribution in [0.3, 0.4) is 0 Å². The van der Waals surface area contributed by atoms with Crippen molar-refractivity contribution in [3.05, 3.63) is 42.7 Å². The highest BCUT2D eigenvalue weighted by atomic mass is 15.1. The Morgan fingerprint density at radius 2 is 1.94 bits per heavy atom. The van der Waals surface area contributed by atoms with Crippen molar-refractivity contribution in [3.63, 3.8) is 0 Å². The Hall–Kier alpha value is -2.36. The summed E-state index contributed by atoms with van der Waals surface area (Å²) in [5.74, 6) is 0.530. The largest absolute Gasteiger partial charge is 0.384 e. The molecule has 0 saturated heterocycles. The number of H-pyrrole nitrogens is 1. The lowest BCUT2D eigenvalue weighted by Crippen LogP contribution is -1.89. The molecule has 3 aromatic rings. The average molecular weight is 210 g/mol. The molecule has 2 aromatic heterocycles. The summed E-state index contributed by atoms with van der Waals surface area (Å²) >= 11 is 0. The minimum Gasteiger partial charge on any atom is -0.384 e. The maximum Gasteiger partial charge on any atom is 0.123 e. The molecule has 0 saturated carbocycles. The first-order valence-corrected chi connectivity index (χ1v) is 4.98. The minimum absolute atomic E-state index is 0.530. The summed E-state index contributed by atoms with van der Waals surface area (Å²) in [6.07, 6.45) is 3.52. The molecular weight excluding hydrogens is 200 g/mol. The van der Waals surface area contributed by atoms with Crippen LogP contribution in [-0.4, -0.2) is 15.2 Å². The second-order valence-electron chi connectivity index (χ2n) is 3.64. The molecule has 78 valence electrons. The van der Waals surface area contributed by atoms with Gasteiger partial charge in [0, 0.05) is 11.6 Å². The highest BCUT2D eigenvalue weighted by molar-refractivity contribution is 5.83. The van der Waals surface area contributed by atoms with Crippen molar-refractivity contribution in [3.8, 4) is 11.1 Å². The molecule has 4 nitrogen and oxygen atoms in total. The van der Waals surface area contributed by atoms with Crippen LogP contribution in [0, 0.1) is 0 Å². The van der Waals surface area contributed by atoms with E-state index in [-0.39, 0.29) is 0 Å². The van der Waals surface area contributed by atoms with Crippen molar-refractivity contribution in [2.45, 2.75) is 0 Å². The van der Waals surface area contributed by atoms with Gasteiger partial charge in [0.1, 0.15) is 5.82 Å². The van der Waals surface area contributed by atoms with Crippen molar-refractivity contribution in [2.75, 3.05) is 5.73 Å². The van der Waals surface area contributed by atoms with E-state index >= 15 is 0 Å². The first kappa shape index (κ1) is 8.91. The Morgan fingerprint density at radius 3 is 2.81 bits per heavy atom. The van der Waals surface area contributed by atoms with E-state index < -0.39 is 0 Å². The molecule has 4 heteroatoms. The predicted octanol–water partition coefficient (Wildman–Crippen LogP) is 2.21. The highest BCUT2D eigenvalue weighted by Crippen LogP contribution is 2.23. The number of aromatic nitrogens is 3. The summed E-state index contributed by atoms with van der Waals surface area (Å²) in [5.41, 5.74) is 8.84. The number of hydrogen-bond acceptors (Lipinski definition) is 3. The van der Waals surface area contributed by atoms with Crippen LogP contribution < -0.4 is 5.73 Å². The monoisotopic (exact) mass is 210 g/mol. The molecule has 1 aromatic carbocycles. The van der Waals surface area contributed by atoms with E-state index in [1.54, 1.807) is 12.4 Å². The number of aromatic amines is 1. The van der Waals surface area contributed by atoms with Gasteiger partial charge in [-0.1, -0.05) is 12.1 Å². The minimum atomic E-state index is 0.530.